The third-order valence-corrected chi connectivity index (χ3v) is 13.0. The van der Waals surface area contributed by atoms with E-state index >= 15 is 0 Å². The lowest BCUT2D eigenvalue weighted by Gasteiger charge is -2.58. The zero-order chi connectivity index (χ0) is 27.2. The van der Waals surface area contributed by atoms with Gasteiger partial charge in [0.25, 0.3) is 0 Å². The predicted octanol–water partition coefficient (Wildman–Crippen LogP) is 2.93. The summed E-state index contributed by atoms with van der Waals surface area (Å²) >= 11 is 0. The lowest BCUT2D eigenvalue weighted by molar-refractivity contribution is -0.204. The Hall–Kier alpha value is -1.32. The summed E-state index contributed by atoms with van der Waals surface area (Å²) in [4.78, 5) is 25.8. The van der Waals surface area contributed by atoms with Crippen LogP contribution in [0.15, 0.2) is 12.2 Å². The number of aliphatic hydroxyl groups is 2. The number of allylic oxidation sites excluding steroid dienone is 1. The van der Waals surface area contributed by atoms with Crippen LogP contribution in [0.4, 0.5) is 0 Å². The minimum atomic E-state index is -0.964. The Morgan fingerprint density at radius 2 is 1.92 bits per heavy atom. The van der Waals surface area contributed by atoms with Crippen molar-refractivity contribution in [3.63, 3.8) is 0 Å². The number of ether oxygens (including phenoxy) is 4. The van der Waals surface area contributed by atoms with Gasteiger partial charge in [0, 0.05) is 19.3 Å². The first-order valence-corrected chi connectivity index (χ1v) is 14.5. The van der Waals surface area contributed by atoms with Gasteiger partial charge in [0.05, 0.1) is 17.6 Å². The largest absolute Gasteiger partial charge is 0.462 e. The number of epoxide rings is 2. The highest BCUT2D eigenvalue weighted by Crippen LogP contribution is 2.73. The van der Waals surface area contributed by atoms with Crippen LogP contribution in [0.2, 0.25) is 0 Å². The van der Waals surface area contributed by atoms with Gasteiger partial charge in [0.15, 0.2) is 12.1 Å². The molecule has 2 N–H and O–H groups in total. The fourth-order valence-electron chi connectivity index (χ4n) is 10.7. The van der Waals surface area contributed by atoms with E-state index in [0.717, 1.165) is 32.1 Å². The summed E-state index contributed by atoms with van der Waals surface area (Å²) in [6.07, 6.45) is 4.80. The predicted molar refractivity (Wildman–Crippen MR) is 135 cm³/mol. The Kier molecular flexibility index (Phi) is 5.05. The quantitative estimate of drug-likeness (QED) is 0.423. The zero-order valence-electron chi connectivity index (χ0n) is 23.3. The lowest BCUT2D eigenvalue weighted by Crippen LogP contribution is -2.64. The minimum Gasteiger partial charge on any atom is -0.462 e. The maximum absolute atomic E-state index is 13.5. The van der Waals surface area contributed by atoms with E-state index in [-0.39, 0.29) is 65.1 Å². The van der Waals surface area contributed by atoms with E-state index in [1.807, 2.05) is 13.8 Å². The molecule has 0 aromatic heterocycles. The molecule has 0 amide bonds. The molecule has 4 aliphatic carbocycles. The van der Waals surface area contributed by atoms with Gasteiger partial charge in [-0.1, -0.05) is 13.8 Å². The molecule has 8 nitrogen and oxygen atoms in total. The van der Waals surface area contributed by atoms with Crippen LogP contribution < -0.4 is 0 Å². The van der Waals surface area contributed by atoms with Gasteiger partial charge in [0.1, 0.15) is 29.0 Å². The Morgan fingerprint density at radius 1 is 1.18 bits per heavy atom. The van der Waals surface area contributed by atoms with E-state index in [0.29, 0.717) is 0 Å². The van der Waals surface area contributed by atoms with Crippen LogP contribution in [-0.2, 0) is 28.5 Å². The van der Waals surface area contributed by atoms with Gasteiger partial charge >= 0.3 is 5.97 Å². The molecule has 210 valence electrons. The maximum atomic E-state index is 13.5. The number of ketones is 1. The molecule has 0 bridgehead atoms. The van der Waals surface area contributed by atoms with Gasteiger partial charge in [-0.05, 0) is 87.7 Å². The Morgan fingerprint density at radius 3 is 2.61 bits per heavy atom. The summed E-state index contributed by atoms with van der Waals surface area (Å²) in [5, 5.41) is 21.7. The van der Waals surface area contributed by atoms with Gasteiger partial charge in [-0.3, -0.25) is 9.59 Å². The molecule has 1 spiro atoms. The smallest absolute Gasteiger partial charge is 0.302 e. The summed E-state index contributed by atoms with van der Waals surface area (Å²) < 4.78 is 24.5. The highest BCUT2D eigenvalue weighted by molar-refractivity contribution is 5.98. The van der Waals surface area contributed by atoms with Gasteiger partial charge in [0.2, 0.25) is 0 Å². The third kappa shape index (κ3) is 2.84. The van der Waals surface area contributed by atoms with Crippen molar-refractivity contribution in [2.75, 3.05) is 0 Å². The van der Waals surface area contributed by atoms with Crippen molar-refractivity contribution in [3.8, 4) is 0 Å². The van der Waals surface area contributed by atoms with Crippen LogP contribution >= 0.6 is 0 Å². The van der Waals surface area contributed by atoms with E-state index in [9.17, 15) is 19.8 Å². The van der Waals surface area contributed by atoms with E-state index in [1.165, 1.54) is 6.92 Å². The molecule has 3 aliphatic heterocycles. The second kappa shape index (κ2) is 7.49. The number of carbonyl (C=O) groups is 2. The third-order valence-electron chi connectivity index (χ3n) is 13.0. The van der Waals surface area contributed by atoms with E-state index in [2.05, 4.69) is 20.8 Å². The van der Waals surface area contributed by atoms with E-state index < -0.39 is 34.6 Å². The zero-order valence-corrected chi connectivity index (χ0v) is 23.3. The van der Waals surface area contributed by atoms with Gasteiger partial charge in [-0.2, -0.15) is 0 Å². The summed E-state index contributed by atoms with van der Waals surface area (Å²) in [5.74, 6) is 0.378. The summed E-state index contributed by atoms with van der Waals surface area (Å²) in [7, 11) is 0. The Balaban J connectivity index is 1.23. The molecule has 3 saturated heterocycles. The molecule has 0 aromatic carbocycles. The maximum Gasteiger partial charge on any atom is 0.302 e. The number of carbonyl (C=O) groups excluding carboxylic acids is 2. The first-order chi connectivity index (χ1) is 17.7. The number of rotatable bonds is 3. The molecule has 7 rings (SSSR count). The number of esters is 1. The fourth-order valence-corrected chi connectivity index (χ4v) is 10.7. The standard InChI is InChI=1S/C30H42O8/c1-14(20-13-27(4)29(6,38-27)25(34)36-20)18-12-19(35-15(2)31)24-16-11-23-30(37-23)22(33)8-7-21(32)28(30,5)17(16)9-10-26(18,24)3/h7-8,14,16-20,22-25,33-34H,9-13H2,1-6H3/t14-,16+,17-,18+,19-,20+,22-,23+,24+,25+,26+,27-,28-,29+,30+/m0/s1. The lowest BCUT2D eigenvalue weighted by atomic mass is 9.44. The molecule has 3 saturated carbocycles. The average Bonchev–Trinajstić information content (AvgIpc) is 3.68. The molecular formula is C30H42O8. The molecule has 8 heteroatoms. The SMILES string of the molecule is CC(=O)O[C@H]1C[C@H]([C@H](C)[C@H]2C[C@]3(C)O[C@]3(C)[C@H](O)O2)[C@@]2(C)CC[C@H]3[C@@H](C[C@H]4O[C@]45[C@@H](O)C=CC(=O)[C@]35C)[C@H]12. The molecule has 0 aromatic rings. The van der Waals surface area contributed by atoms with Crippen LogP contribution in [0.5, 0.6) is 0 Å². The topological polar surface area (TPSA) is 118 Å². The fraction of sp³-hybridized carbons (Fsp3) is 0.867. The highest BCUT2D eigenvalue weighted by Gasteiger charge is 2.81. The molecule has 0 radical (unpaired) electrons. The molecule has 15 atom stereocenters. The van der Waals surface area contributed by atoms with Crippen LogP contribution in [0, 0.1) is 40.4 Å². The highest BCUT2D eigenvalue weighted by atomic mass is 16.7. The van der Waals surface area contributed by atoms with E-state index in [1.54, 1.807) is 12.2 Å². The summed E-state index contributed by atoms with van der Waals surface area (Å²) in [6.45, 7) is 12.0. The van der Waals surface area contributed by atoms with Gasteiger partial charge < -0.3 is 29.2 Å². The molecule has 3 heterocycles. The number of fused-ring (bicyclic) bond motifs is 5. The molecule has 6 fully saturated rings. The molecular weight excluding hydrogens is 488 g/mol. The van der Waals surface area contributed by atoms with Crippen molar-refractivity contribution >= 4 is 11.8 Å². The summed E-state index contributed by atoms with van der Waals surface area (Å²) in [6, 6.07) is 0. The second-order valence-corrected chi connectivity index (χ2v) is 14.4. The molecule has 38 heavy (non-hydrogen) atoms. The van der Waals surface area contributed by atoms with Crippen molar-refractivity contribution in [3.05, 3.63) is 12.2 Å². The monoisotopic (exact) mass is 530 g/mol. The normalized spacial score (nSPS) is 60.5. The molecule has 7 aliphatic rings. The van der Waals surface area contributed by atoms with Crippen LogP contribution in [0.25, 0.3) is 0 Å². The van der Waals surface area contributed by atoms with Gasteiger partial charge in [-0.15, -0.1) is 0 Å². The number of aliphatic hydroxyl groups excluding tert-OH is 2. The van der Waals surface area contributed by atoms with Crippen LogP contribution in [0.3, 0.4) is 0 Å². The van der Waals surface area contributed by atoms with Crippen molar-refractivity contribution in [1.82, 2.24) is 0 Å². The van der Waals surface area contributed by atoms with Crippen molar-refractivity contribution < 1.29 is 38.7 Å². The van der Waals surface area contributed by atoms with Crippen molar-refractivity contribution in [2.24, 2.45) is 40.4 Å². The van der Waals surface area contributed by atoms with Gasteiger partial charge in [-0.25, -0.2) is 0 Å². The second-order valence-electron chi connectivity index (χ2n) is 14.4. The van der Waals surface area contributed by atoms with E-state index in [4.69, 9.17) is 18.9 Å². The van der Waals surface area contributed by atoms with Crippen LogP contribution in [0.1, 0.15) is 73.6 Å². The van der Waals surface area contributed by atoms with Crippen molar-refractivity contribution in [1.29, 1.82) is 0 Å². The first kappa shape index (κ1) is 25.6. The average molecular weight is 531 g/mol. The Labute approximate surface area is 224 Å². The molecule has 0 unspecified atom stereocenters. The number of hydrogen-bond acceptors (Lipinski definition) is 8. The Bertz CT molecular complexity index is 1120. The summed E-state index contributed by atoms with van der Waals surface area (Å²) in [5.41, 5.74) is -2.79. The van der Waals surface area contributed by atoms with Crippen LogP contribution in [-0.4, -0.2) is 69.5 Å². The number of hydrogen-bond donors (Lipinski definition) is 2. The van der Waals surface area contributed by atoms with Crippen molar-refractivity contribution in [2.45, 2.75) is 121 Å². The first-order valence-electron chi connectivity index (χ1n) is 14.5. The minimum absolute atomic E-state index is 0.0425.